The van der Waals surface area contributed by atoms with Gasteiger partial charge in [0.2, 0.25) is 0 Å². The third-order valence-electron chi connectivity index (χ3n) is 3.72. The number of likely N-dealkylation sites (N-methyl/N-ethyl adjacent to an activating group) is 1. The Morgan fingerprint density at radius 3 is 2.52 bits per heavy atom. The van der Waals surface area contributed by atoms with Crippen LogP contribution >= 0.6 is 0 Å². The molecule has 0 fully saturated rings. The first-order chi connectivity index (χ1) is 11.8. The fourth-order valence-electron chi connectivity index (χ4n) is 2.35. The number of hydrogen-bond donors (Lipinski definition) is 1. The van der Waals surface area contributed by atoms with Crippen LogP contribution in [0.5, 0.6) is 0 Å². The zero-order valence-corrected chi connectivity index (χ0v) is 13.7. The van der Waals surface area contributed by atoms with Gasteiger partial charge < -0.3 is 14.7 Å². The average Bonchev–Trinajstić information content (AvgIpc) is 2.60. The normalized spacial score (nSPS) is 11.7. The third kappa shape index (κ3) is 4.30. The number of nitro groups is 1. The van der Waals surface area contributed by atoms with Crippen LogP contribution in [0.3, 0.4) is 0 Å². The van der Waals surface area contributed by atoms with E-state index < -0.39 is 22.8 Å². The van der Waals surface area contributed by atoms with Gasteiger partial charge in [0.15, 0.2) is 0 Å². The summed E-state index contributed by atoms with van der Waals surface area (Å²) in [6.07, 6.45) is -0.901. The monoisotopic (exact) mass is 348 g/mol. The summed E-state index contributed by atoms with van der Waals surface area (Å²) in [5.74, 6) is -1.22. The van der Waals surface area contributed by atoms with E-state index in [1.54, 1.807) is 11.9 Å². The summed E-state index contributed by atoms with van der Waals surface area (Å²) >= 11 is 0. The molecular formula is C17H17FN2O5. The van der Waals surface area contributed by atoms with Crippen LogP contribution in [0.25, 0.3) is 0 Å². The first kappa shape index (κ1) is 18.3. The van der Waals surface area contributed by atoms with E-state index in [9.17, 15) is 24.4 Å². The van der Waals surface area contributed by atoms with Crippen LogP contribution in [-0.2, 0) is 4.74 Å². The van der Waals surface area contributed by atoms with E-state index in [0.29, 0.717) is 11.3 Å². The maximum absolute atomic E-state index is 12.9. The summed E-state index contributed by atoms with van der Waals surface area (Å²) in [5, 5.41) is 21.3. The van der Waals surface area contributed by atoms with Gasteiger partial charge in [0.05, 0.1) is 18.1 Å². The molecular weight excluding hydrogens is 331 g/mol. The lowest BCUT2D eigenvalue weighted by molar-refractivity contribution is -0.385. The summed E-state index contributed by atoms with van der Waals surface area (Å²) < 4.78 is 17.5. The van der Waals surface area contributed by atoms with Crippen LogP contribution < -0.4 is 4.90 Å². The standard InChI is InChI=1S/C17H17FN2O5/c1-19(10-16(21)11-3-5-12(18)6-4-11)13-7-8-15(20(23)24)14(9-13)17(22)25-2/h3-9,16,21H,10H2,1-2H3. The van der Waals surface area contributed by atoms with Crippen LogP contribution in [0.4, 0.5) is 15.8 Å². The number of anilines is 1. The summed E-state index contributed by atoms with van der Waals surface area (Å²) in [7, 11) is 2.80. The minimum absolute atomic E-state index is 0.143. The Labute approximate surface area is 143 Å². The number of methoxy groups -OCH3 is 1. The Kier molecular flexibility index (Phi) is 5.66. The van der Waals surface area contributed by atoms with Crippen LogP contribution in [0.2, 0.25) is 0 Å². The number of hydrogen-bond acceptors (Lipinski definition) is 6. The second-order valence-electron chi connectivity index (χ2n) is 5.40. The molecule has 25 heavy (non-hydrogen) atoms. The minimum atomic E-state index is -0.901. The van der Waals surface area contributed by atoms with Gasteiger partial charge in [-0.25, -0.2) is 9.18 Å². The summed E-state index contributed by atoms with van der Waals surface area (Å²) in [4.78, 5) is 23.8. The third-order valence-corrected chi connectivity index (χ3v) is 3.72. The Hall–Kier alpha value is -3.00. The van der Waals surface area contributed by atoms with E-state index in [-0.39, 0.29) is 17.8 Å². The highest BCUT2D eigenvalue weighted by molar-refractivity contribution is 5.95. The number of nitrogens with zero attached hydrogens (tertiary/aromatic N) is 2. The molecule has 8 heteroatoms. The van der Waals surface area contributed by atoms with Gasteiger partial charge in [-0.1, -0.05) is 12.1 Å². The number of aliphatic hydroxyl groups excluding tert-OH is 1. The molecule has 7 nitrogen and oxygen atoms in total. The average molecular weight is 348 g/mol. The number of carbonyl (C=O) groups is 1. The van der Waals surface area contributed by atoms with Gasteiger partial charge in [-0.2, -0.15) is 0 Å². The molecule has 2 aromatic carbocycles. The highest BCUT2D eigenvalue weighted by Gasteiger charge is 2.22. The number of esters is 1. The lowest BCUT2D eigenvalue weighted by Gasteiger charge is -2.23. The molecule has 0 aliphatic heterocycles. The molecule has 1 N–H and O–H groups in total. The van der Waals surface area contributed by atoms with Gasteiger partial charge in [-0.05, 0) is 29.8 Å². The number of nitro benzene ring substituents is 1. The van der Waals surface area contributed by atoms with E-state index in [1.807, 2.05) is 0 Å². The molecule has 0 heterocycles. The van der Waals surface area contributed by atoms with Crippen molar-refractivity contribution in [2.75, 3.05) is 25.6 Å². The van der Waals surface area contributed by atoms with Gasteiger partial charge in [-0.3, -0.25) is 10.1 Å². The van der Waals surface area contributed by atoms with E-state index in [4.69, 9.17) is 0 Å². The Morgan fingerprint density at radius 2 is 1.96 bits per heavy atom. The van der Waals surface area contributed by atoms with Crippen molar-refractivity contribution in [3.05, 3.63) is 69.5 Å². The largest absolute Gasteiger partial charge is 0.465 e. The zero-order chi connectivity index (χ0) is 18.6. The van der Waals surface area contributed by atoms with E-state index in [2.05, 4.69) is 4.74 Å². The first-order valence-electron chi connectivity index (χ1n) is 7.35. The zero-order valence-electron chi connectivity index (χ0n) is 13.7. The fraction of sp³-hybridized carbons (Fsp3) is 0.235. The van der Waals surface area contributed by atoms with E-state index in [1.165, 1.54) is 42.5 Å². The molecule has 1 atom stereocenters. The minimum Gasteiger partial charge on any atom is -0.465 e. The summed E-state index contributed by atoms with van der Waals surface area (Å²) in [5.41, 5.74) is 0.492. The number of rotatable bonds is 6. The maximum atomic E-state index is 12.9. The van der Waals surface area contributed by atoms with E-state index in [0.717, 1.165) is 7.11 Å². The van der Waals surface area contributed by atoms with Crippen molar-refractivity contribution in [3.8, 4) is 0 Å². The molecule has 0 spiro atoms. The topological polar surface area (TPSA) is 92.9 Å². The molecule has 2 rings (SSSR count). The quantitative estimate of drug-likeness (QED) is 0.490. The van der Waals surface area contributed by atoms with Crippen molar-refractivity contribution < 1.29 is 24.0 Å². The van der Waals surface area contributed by atoms with Gasteiger partial charge in [-0.15, -0.1) is 0 Å². The van der Waals surface area contributed by atoms with Crippen LogP contribution in [-0.4, -0.2) is 36.7 Å². The molecule has 0 aromatic heterocycles. The fourth-order valence-corrected chi connectivity index (χ4v) is 2.35. The number of benzene rings is 2. The highest BCUT2D eigenvalue weighted by Crippen LogP contribution is 2.26. The molecule has 0 bridgehead atoms. The predicted molar refractivity (Wildman–Crippen MR) is 89.1 cm³/mol. The Morgan fingerprint density at radius 1 is 1.32 bits per heavy atom. The molecule has 0 amide bonds. The van der Waals surface area contributed by atoms with Gasteiger partial charge in [0.25, 0.3) is 5.69 Å². The number of halogens is 1. The van der Waals surface area contributed by atoms with Crippen LogP contribution in [0, 0.1) is 15.9 Å². The second-order valence-corrected chi connectivity index (χ2v) is 5.40. The number of ether oxygens (including phenoxy) is 1. The maximum Gasteiger partial charge on any atom is 0.344 e. The van der Waals surface area contributed by atoms with Crippen molar-refractivity contribution in [2.24, 2.45) is 0 Å². The molecule has 2 aromatic rings. The summed E-state index contributed by atoms with van der Waals surface area (Å²) in [6, 6.07) is 9.47. The van der Waals surface area contributed by atoms with Gasteiger partial charge >= 0.3 is 5.97 Å². The van der Waals surface area contributed by atoms with Crippen LogP contribution in [0.15, 0.2) is 42.5 Å². The lowest BCUT2D eigenvalue weighted by atomic mass is 10.1. The first-order valence-corrected chi connectivity index (χ1v) is 7.35. The predicted octanol–water partition coefficient (Wildman–Crippen LogP) is 2.69. The van der Waals surface area contributed by atoms with Crippen LogP contribution in [0.1, 0.15) is 22.0 Å². The molecule has 1 unspecified atom stereocenters. The molecule has 132 valence electrons. The SMILES string of the molecule is COC(=O)c1cc(N(C)CC(O)c2ccc(F)cc2)ccc1[N+](=O)[O-]. The van der Waals surface area contributed by atoms with E-state index >= 15 is 0 Å². The summed E-state index contributed by atoms with van der Waals surface area (Å²) in [6.45, 7) is 0.143. The highest BCUT2D eigenvalue weighted by atomic mass is 19.1. The van der Waals surface area contributed by atoms with Crippen molar-refractivity contribution in [1.29, 1.82) is 0 Å². The smallest absolute Gasteiger partial charge is 0.344 e. The second kappa shape index (κ2) is 7.71. The Bertz CT molecular complexity index is 779. The molecule has 0 saturated heterocycles. The van der Waals surface area contributed by atoms with Crippen molar-refractivity contribution in [3.63, 3.8) is 0 Å². The van der Waals surface area contributed by atoms with Gasteiger partial charge in [0, 0.05) is 25.3 Å². The number of aliphatic hydroxyl groups is 1. The van der Waals surface area contributed by atoms with Crippen molar-refractivity contribution >= 4 is 17.3 Å². The molecule has 0 saturated carbocycles. The lowest BCUT2D eigenvalue weighted by Crippen LogP contribution is -2.24. The van der Waals surface area contributed by atoms with Crippen molar-refractivity contribution in [2.45, 2.75) is 6.10 Å². The van der Waals surface area contributed by atoms with Gasteiger partial charge in [0.1, 0.15) is 11.4 Å². The molecule has 0 aliphatic carbocycles. The molecule has 0 aliphatic rings. The molecule has 0 radical (unpaired) electrons. The number of carbonyl (C=O) groups excluding carboxylic acids is 1. The Balaban J connectivity index is 2.23. The van der Waals surface area contributed by atoms with Crippen molar-refractivity contribution in [1.82, 2.24) is 0 Å².